The Morgan fingerprint density at radius 1 is 1.39 bits per heavy atom. The van der Waals surface area contributed by atoms with E-state index in [9.17, 15) is 0 Å². The summed E-state index contributed by atoms with van der Waals surface area (Å²) in [5.74, 6) is 0. The molecule has 1 rings (SSSR count). The van der Waals surface area contributed by atoms with Gasteiger partial charge in [-0.1, -0.05) is 32.4 Å². The van der Waals surface area contributed by atoms with Gasteiger partial charge in [-0.2, -0.15) is 0 Å². The molecule has 2 radical (unpaired) electrons. The van der Waals surface area contributed by atoms with Crippen LogP contribution >= 0.6 is 11.6 Å². The van der Waals surface area contributed by atoms with E-state index in [0.717, 1.165) is 0 Å². The fourth-order valence-electron chi connectivity index (χ4n) is 1.66. The highest BCUT2D eigenvalue weighted by atomic mass is 35.5. The van der Waals surface area contributed by atoms with Crippen LogP contribution in [0.5, 0.6) is 0 Å². The lowest BCUT2D eigenvalue weighted by molar-refractivity contribution is -0.0225. The third kappa shape index (κ3) is 4.24. The molecule has 3 nitrogen and oxygen atoms in total. The first kappa shape index (κ1) is 16.5. The zero-order valence-corrected chi connectivity index (χ0v) is 13.8. The Balaban J connectivity index is 2.52. The zero-order valence-electron chi connectivity index (χ0n) is 12.0. The molecular weight excluding hydrogens is 266 g/mol. The third-order valence-corrected chi connectivity index (χ3v) is 8.55. The first-order valence-corrected chi connectivity index (χ1v) is 9.84. The minimum Gasteiger partial charge on any atom is -0.414 e. The van der Waals surface area contributed by atoms with Crippen molar-refractivity contribution in [2.24, 2.45) is 0 Å². The molecule has 0 N–H and O–H groups in total. The fraction of sp³-hybridized carbons (Fsp3) is 1.00. The van der Waals surface area contributed by atoms with E-state index in [1.807, 2.05) is 0 Å². The van der Waals surface area contributed by atoms with Crippen molar-refractivity contribution >= 4 is 27.8 Å². The number of rotatable bonds is 5. The van der Waals surface area contributed by atoms with Crippen molar-refractivity contribution < 1.29 is 13.9 Å². The Morgan fingerprint density at radius 3 is 2.50 bits per heavy atom. The van der Waals surface area contributed by atoms with Gasteiger partial charge in [-0.3, -0.25) is 0 Å². The predicted octanol–water partition coefficient (Wildman–Crippen LogP) is 2.87. The van der Waals surface area contributed by atoms with Crippen LogP contribution in [0.4, 0.5) is 0 Å². The zero-order chi connectivity index (χ0) is 14.0. The van der Waals surface area contributed by atoms with Crippen LogP contribution in [-0.2, 0) is 13.9 Å². The van der Waals surface area contributed by atoms with Gasteiger partial charge in [-0.15, -0.1) is 0 Å². The van der Waals surface area contributed by atoms with Crippen molar-refractivity contribution in [3.05, 3.63) is 0 Å². The van der Waals surface area contributed by atoms with E-state index in [1.165, 1.54) is 0 Å². The predicted molar refractivity (Wildman–Crippen MR) is 77.8 cm³/mol. The Kier molecular flexibility index (Phi) is 5.75. The van der Waals surface area contributed by atoms with Gasteiger partial charge in [0.1, 0.15) is 20.0 Å². The van der Waals surface area contributed by atoms with E-state index in [1.54, 1.807) is 0 Å². The molecule has 1 heterocycles. The van der Waals surface area contributed by atoms with Crippen LogP contribution < -0.4 is 0 Å². The van der Waals surface area contributed by atoms with Crippen LogP contribution in [0.25, 0.3) is 0 Å². The Labute approximate surface area is 118 Å². The van der Waals surface area contributed by atoms with Gasteiger partial charge in [-0.25, -0.2) is 0 Å². The highest BCUT2D eigenvalue weighted by Crippen LogP contribution is 2.37. The van der Waals surface area contributed by atoms with E-state index in [2.05, 4.69) is 33.9 Å². The molecule has 1 fully saturated rings. The molecule has 1 aliphatic heterocycles. The lowest BCUT2D eigenvalue weighted by Crippen LogP contribution is -2.44. The fourth-order valence-corrected chi connectivity index (χ4v) is 2.83. The van der Waals surface area contributed by atoms with Crippen LogP contribution in [0.3, 0.4) is 0 Å². The van der Waals surface area contributed by atoms with Gasteiger partial charge in [0.05, 0.1) is 12.7 Å². The van der Waals surface area contributed by atoms with Gasteiger partial charge >= 0.3 is 0 Å². The largest absolute Gasteiger partial charge is 0.414 e. The lowest BCUT2D eigenvalue weighted by Gasteiger charge is -2.37. The quantitative estimate of drug-likeness (QED) is 0.576. The molecule has 0 amide bonds. The molecule has 3 atom stereocenters. The van der Waals surface area contributed by atoms with Crippen LogP contribution in [0.1, 0.15) is 27.2 Å². The van der Waals surface area contributed by atoms with Gasteiger partial charge in [0, 0.05) is 6.00 Å². The smallest absolute Gasteiger partial charge is 0.192 e. The molecule has 18 heavy (non-hydrogen) atoms. The summed E-state index contributed by atoms with van der Waals surface area (Å²) in [6, 6.07) is -0.108. The Bertz CT molecular complexity index is 271. The second-order valence-electron chi connectivity index (χ2n) is 6.33. The maximum Gasteiger partial charge on any atom is 0.192 e. The summed E-state index contributed by atoms with van der Waals surface area (Å²) in [6.07, 6.45) is 0.522. The number of ether oxygens (including phenoxy) is 2. The molecule has 104 valence electrons. The average Bonchev–Trinajstić information content (AvgIpc) is 2.55. The van der Waals surface area contributed by atoms with Gasteiger partial charge in [0.2, 0.25) is 0 Å². The summed E-state index contributed by atoms with van der Waals surface area (Å²) in [4.78, 5) is 0. The molecule has 0 aromatic carbocycles. The summed E-state index contributed by atoms with van der Waals surface area (Å²) in [7, 11) is 4.03. The summed E-state index contributed by atoms with van der Waals surface area (Å²) >= 11 is 5.61. The number of hydrogen-bond acceptors (Lipinski definition) is 3. The van der Waals surface area contributed by atoms with Gasteiger partial charge in [0.25, 0.3) is 0 Å². The Morgan fingerprint density at radius 2 is 2.00 bits per heavy atom. The first-order chi connectivity index (χ1) is 8.17. The molecule has 0 aliphatic carbocycles. The second-order valence-corrected chi connectivity index (χ2v) is 11.4. The minimum absolute atomic E-state index is 0.0535. The molecule has 0 bridgehead atoms. The molecule has 0 saturated carbocycles. The van der Waals surface area contributed by atoms with Crippen molar-refractivity contribution in [3.63, 3.8) is 0 Å². The monoisotopic (exact) mass is 290 g/mol. The van der Waals surface area contributed by atoms with Gasteiger partial charge < -0.3 is 13.9 Å². The summed E-state index contributed by atoms with van der Waals surface area (Å²) < 4.78 is 17.2. The highest BCUT2D eigenvalue weighted by Gasteiger charge is 2.40. The van der Waals surface area contributed by atoms with Crippen LogP contribution in [0.15, 0.2) is 0 Å². The molecule has 0 aromatic heterocycles. The van der Waals surface area contributed by atoms with Gasteiger partial charge in [-0.05, 0) is 24.6 Å². The molecule has 0 spiro atoms. The lowest BCUT2D eigenvalue weighted by atomic mass is 9.96. The standard InChI is InChI=1S/C12H24BClO3Si/c1-12(2,3)18(4,5)16-7-10-9(15-8-14)6-11(13)17-10/h9-11H,6-8H2,1-5H3/t9?,10?,11-/m1/s1. The molecule has 6 heteroatoms. The summed E-state index contributed by atoms with van der Waals surface area (Å²) in [6.45, 7) is 11.6. The number of hydrogen-bond donors (Lipinski definition) is 0. The van der Waals surface area contributed by atoms with Crippen molar-refractivity contribution in [1.29, 1.82) is 0 Å². The molecule has 1 aliphatic rings. The topological polar surface area (TPSA) is 27.7 Å². The van der Waals surface area contributed by atoms with Crippen molar-refractivity contribution in [2.45, 2.75) is 63.5 Å². The van der Waals surface area contributed by atoms with E-state index in [4.69, 9.17) is 33.3 Å². The number of alkyl halides is 1. The highest BCUT2D eigenvalue weighted by molar-refractivity contribution is 6.74. The molecule has 2 unspecified atom stereocenters. The molecular formula is C12H24BClO3Si. The van der Waals surface area contributed by atoms with Gasteiger partial charge in [0.15, 0.2) is 8.32 Å². The molecule has 1 saturated heterocycles. The van der Waals surface area contributed by atoms with E-state index in [0.29, 0.717) is 13.0 Å². The minimum atomic E-state index is -1.76. The Hall–Kier alpha value is 0.452. The maximum absolute atomic E-state index is 6.14. The third-order valence-electron chi connectivity index (χ3n) is 3.92. The van der Waals surface area contributed by atoms with E-state index in [-0.39, 0.29) is 29.3 Å². The van der Waals surface area contributed by atoms with Crippen molar-refractivity contribution in [3.8, 4) is 0 Å². The van der Waals surface area contributed by atoms with Crippen molar-refractivity contribution in [1.82, 2.24) is 0 Å². The molecule has 0 aromatic rings. The van der Waals surface area contributed by atoms with Crippen molar-refractivity contribution in [2.75, 3.05) is 12.7 Å². The maximum atomic E-state index is 6.14. The second kappa shape index (κ2) is 6.27. The summed E-state index contributed by atoms with van der Waals surface area (Å²) in [5, 5.41) is 0.191. The van der Waals surface area contributed by atoms with Crippen LogP contribution in [-0.4, -0.2) is 47.0 Å². The van der Waals surface area contributed by atoms with Crippen LogP contribution in [0, 0.1) is 0 Å². The van der Waals surface area contributed by atoms with E-state index >= 15 is 0 Å². The SMILES string of the molecule is [B][C@H]1CC(OCCl)C(CO[Si](C)(C)C(C)(C)C)O1. The number of halogens is 1. The van der Waals surface area contributed by atoms with Crippen LogP contribution in [0.2, 0.25) is 18.1 Å². The van der Waals surface area contributed by atoms with E-state index < -0.39 is 8.32 Å². The first-order valence-electron chi connectivity index (χ1n) is 6.40. The normalized spacial score (nSPS) is 29.8. The summed E-state index contributed by atoms with van der Waals surface area (Å²) in [5.41, 5.74) is 0. The average molecular weight is 291 g/mol.